The average Bonchev–Trinajstić information content (AvgIpc) is 2.39. The number of nitriles is 1. The van der Waals surface area contributed by atoms with Crippen LogP contribution in [0, 0.1) is 11.3 Å². The molecule has 1 saturated heterocycles. The highest BCUT2D eigenvalue weighted by molar-refractivity contribution is 5.90. The first-order valence-corrected chi connectivity index (χ1v) is 5.43. The van der Waals surface area contributed by atoms with Gasteiger partial charge in [-0.05, 0) is 18.9 Å². The van der Waals surface area contributed by atoms with Gasteiger partial charge in [-0.15, -0.1) is 0 Å². The molecule has 0 atom stereocenters. The van der Waals surface area contributed by atoms with Gasteiger partial charge in [0.15, 0.2) is 0 Å². The maximum absolute atomic E-state index is 11.0. The van der Waals surface area contributed by atoms with E-state index in [1.807, 2.05) is 6.07 Å². The Balaban J connectivity index is 2.33. The van der Waals surface area contributed by atoms with Gasteiger partial charge < -0.3 is 9.84 Å². The normalized spacial score (nSPS) is 16.4. The maximum Gasteiger partial charge on any atom is 0.337 e. The topological polar surface area (TPSA) is 83.2 Å². The van der Waals surface area contributed by atoms with Crippen molar-refractivity contribution in [1.82, 2.24) is 4.98 Å². The molecule has 0 amide bonds. The molecule has 1 aromatic heterocycles. The Morgan fingerprint density at radius 1 is 1.53 bits per heavy atom. The van der Waals surface area contributed by atoms with E-state index in [0.29, 0.717) is 13.2 Å². The van der Waals surface area contributed by atoms with Gasteiger partial charge in [0, 0.05) is 31.0 Å². The molecule has 2 heterocycles. The minimum absolute atomic E-state index is 0.0315. The Bertz CT molecular complexity index is 473. The highest BCUT2D eigenvalue weighted by Gasteiger charge is 2.20. The number of hydrogen-bond donors (Lipinski definition) is 1. The van der Waals surface area contributed by atoms with Crippen molar-refractivity contribution in [2.24, 2.45) is 0 Å². The van der Waals surface area contributed by atoms with Gasteiger partial charge in [-0.1, -0.05) is 0 Å². The summed E-state index contributed by atoms with van der Waals surface area (Å²) in [6, 6.07) is 3.35. The molecule has 88 valence electrons. The number of aromatic nitrogens is 1. The van der Waals surface area contributed by atoms with Gasteiger partial charge >= 0.3 is 5.97 Å². The zero-order valence-corrected chi connectivity index (χ0v) is 9.22. The van der Waals surface area contributed by atoms with Gasteiger partial charge in [-0.2, -0.15) is 5.26 Å². The van der Waals surface area contributed by atoms with Crippen molar-refractivity contribution in [3.63, 3.8) is 0 Å². The first-order valence-electron chi connectivity index (χ1n) is 5.43. The molecule has 1 aliphatic rings. The number of aromatic carboxylic acids is 1. The van der Waals surface area contributed by atoms with Crippen LogP contribution >= 0.6 is 0 Å². The second-order valence-corrected chi connectivity index (χ2v) is 3.96. The molecule has 0 unspecified atom stereocenters. The summed E-state index contributed by atoms with van der Waals surface area (Å²) in [5.74, 6) is -0.855. The Morgan fingerprint density at radius 3 is 2.82 bits per heavy atom. The largest absolute Gasteiger partial charge is 0.478 e. The zero-order chi connectivity index (χ0) is 12.3. The van der Waals surface area contributed by atoms with Crippen molar-refractivity contribution in [1.29, 1.82) is 5.26 Å². The maximum atomic E-state index is 11.0. The molecule has 0 saturated carbocycles. The van der Waals surface area contributed by atoms with Gasteiger partial charge in [-0.25, -0.2) is 4.79 Å². The van der Waals surface area contributed by atoms with Crippen molar-refractivity contribution < 1.29 is 14.6 Å². The van der Waals surface area contributed by atoms with Crippen LogP contribution in [0.3, 0.4) is 0 Å². The molecule has 5 heteroatoms. The third-order valence-electron chi connectivity index (χ3n) is 2.92. The van der Waals surface area contributed by atoms with Gasteiger partial charge in [-0.3, -0.25) is 4.98 Å². The monoisotopic (exact) mass is 232 g/mol. The van der Waals surface area contributed by atoms with E-state index >= 15 is 0 Å². The standard InChI is InChI=1S/C12H12N2O3/c13-6-9-7-14-11(5-10(9)12(15)16)8-1-3-17-4-2-8/h5,7-8H,1-4H2,(H,15,16). The lowest BCUT2D eigenvalue weighted by Crippen LogP contribution is -2.16. The number of nitrogens with zero attached hydrogens (tertiary/aromatic N) is 2. The molecule has 1 aliphatic heterocycles. The van der Waals surface area contributed by atoms with E-state index in [1.165, 1.54) is 12.3 Å². The van der Waals surface area contributed by atoms with Crippen LogP contribution in [0.5, 0.6) is 0 Å². The van der Waals surface area contributed by atoms with Crippen molar-refractivity contribution >= 4 is 5.97 Å². The van der Waals surface area contributed by atoms with Gasteiger partial charge in [0.25, 0.3) is 0 Å². The minimum atomic E-state index is -1.09. The van der Waals surface area contributed by atoms with Gasteiger partial charge in [0.2, 0.25) is 0 Å². The third-order valence-corrected chi connectivity index (χ3v) is 2.92. The van der Waals surface area contributed by atoms with Crippen molar-refractivity contribution in [3.8, 4) is 6.07 Å². The van der Waals surface area contributed by atoms with Crippen molar-refractivity contribution in [3.05, 3.63) is 29.1 Å². The van der Waals surface area contributed by atoms with Crippen molar-refractivity contribution in [2.75, 3.05) is 13.2 Å². The molecule has 2 rings (SSSR count). The molecule has 1 fully saturated rings. The van der Waals surface area contributed by atoms with Crippen LogP contribution in [0.25, 0.3) is 0 Å². The van der Waals surface area contributed by atoms with Gasteiger partial charge in [0.1, 0.15) is 6.07 Å². The predicted molar refractivity (Wildman–Crippen MR) is 58.7 cm³/mol. The number of carboxylic acid groups (broad SMARTS) is 1. The quantitative estimate of drug-likeness (QED) is 0.836. The molecule has 0 bridgehead atoms. The predicted octanol–water partition coefficient (Wildman–Crippen LogP) is 1.55. The second kappa shape index (κ2) is 4.93. The van der Waals surface area contributed by atoms with Gasteiger partial charge in [0.05, 0.1) is 11.1 Å². The second-order valence-electron chi connectivity index (χ2n) is 3.96. The van der Waals surface area contributed by atoms with Crippen LogP contribution in [-0.2, 0) is 4.74 Å². The summed E-state index contributed by atoms with van der Waals surface area (Å²) in [5.41, 5.74) is 0.877. The van der Waals surface area contributed by atoms with Crippen LogP contribution in [0.15, 0.2) is 12.3 Å². The Morgan fingerprint density at radius 2 is 2.24 bits per heavy atom. The van der Waals surface area contributed by atoms with E-state index in [2.05, 4.69) is 4.98 Å². The Kier molecular flexibility index (Phi) is 3.35. The zero-order valence-electron chi connectivity index (χ0n) is 9.22. The number of carboxylic acids is 1. The SMILES string of the molecule is N#Cc1cnc(C2CCOCC2)cc1C(=O)O. The van der Waals surface area contributed by atoms with Crippen molar-refractivity contribution in [2.45, 2.75) is 18.8 Å². The fourth-order valence-corrected chi connectivity index (χ4v) is 1.95. The van der Waals surface area contributed by atoms with E-state index in [1.54, 1.807) is 0 Å². The van der Waals surface area contributed by atoms with Crippen LogP contribution in [0.2, 0.25) is 0 Å². The Labute approximate surface area is 98.7 Å². The fraction of sp³-hybridized carbons (Fsp3) is 0.417. The highest BCUT2D eigenvalue weighted by Crippen LogP contribution is 2.26. The third kappa shape index (κ3) is 2.43. The summed E-state index contributed by atoms with van der Waals surface area (Å²) in [5, 5.41) is 17.8. The molecule has 1 aromatic rings. The van der Waals surface area contributed by atoms with Crippen LogP contribution < -0.4 is 0 Å². The summed E-state index contributed by atoms with van der Waals surface area (Å²) in [4.78, 5) is 15.2. The molecular formula is C12H12N2O3. The summed E-state index contributed by atoms with van der Waals surface area (Å²) in [6.45, 7) is 1.35. The lowest BCUT2D eigenvalue weighted by atomic mass is 9.94. The minimum Gasteiger partial charge on any atom is -0.478 e. The number of ether oxygens (including phenoxy) is 1. The first-order chi connectivity index (χ1) is 8.22. The number of carbonyl (C=O) groups is 1. The Hall–Kier alpha value is -1.93. The number of pyridine rings is 1. The van der Waals surface area contributed by atoms with E-state index in [9.17, 15) is 4.79 Å². The summed E-state index contributed by atoms with van der Waals surface area (Å²) in [7, 11) is 0. The smallest absolute Gasteiger partial charge is 0.337 e. The summed E-state index contributed by atoms with van der Waals surface area (Å²) < 4.78 is 5.25. The molecule has 1 N–H and O–H groups in total. The van der Waals surface area contributed by atoms with E-state index in [-0.39, 0.29) is 17.0 Å². The van der Waals surface area contributed by atoms with Crippen LogP contribution in [-0.4, -0.2) is 29.3 Å². The average molecular weight is 232 g/mol. The van der Waals surface area contributed by atoms with E-state index < -0.39 is 5.97 Å². The molecule has 17 heavy (non-hydrogen) atoms. The molecular weight excluding hydrogens is 220 g/mol. The van der Waals surface area contributed by atoms with E-state index in [0.717, 1.165) is 18.5 Å². The molecule has 5 nitrogen and oxygen atoms in total. The summed E-state index contributed by atoms with van der Waals surface area (Å²) >= 11 is 0. The first kappa shape index (κ1) is 11.6. The highest BCUT2D eigenvalue weighted by atomic mass is 16.5. The number of hydrogen-bond acceptors (Lipinski definition) is 4. The fourth-order valence-electron chi connectivity index (χ4n) is 1.95. The lowest BCUT2D eigenvalue weighted by Gasteiger charge is -2.21. The number of rotatable bonds is 2. The molecule has 0 aliphatic carbocycles. The molecule has 0 radical (unpaired) electrons. The van der Waals surface area contributed by atoms with Crippen LogP contribution in [0.1, 0.15) is 40.4 Å². The lowest BCUT2D eigenvalue weighted by molar-refractivity contribution is 0.0695. The molecule has 0 aromatic carbocycles. The van der Waals surface area contributed by atoms with E-state index in [4.69, 9.17) is 15.1 Å². The molecule has 0 spiro atoms. The van der Waals surface area contributed by atoms with Crippen LogP contribution in [0.4, 0.5) is 0 Å². The summed E-state index contributed by atoms with van der Waals surface area (Å²) in [6.07, 6.45) is 3.03.